The zero-order valence-corrected chi connectivity index (χ0v) is 14.4. The second kappa shape index (κ2) is 8.53. The molecule has 0 unspecified atom stereocenters. The van der Waals surface area contributed by atoms with Crippen LogP contribution >= 0.6 is 0 Å². The summed E-state index contributed by atoms with van der Waals surface area (Å²) in [5, 5.41) is 4.34. The van der Waals surface area contributed by atoms with Gasteiger partial charge in [-0.15, -0.1) is 0 Å². The van der Waals surface area contributed by atoms with E-state index in [9.17, 15) is 0 Å². The highest BCUT2D eigenvalue weighted by Crippen LogP contribution is 2.35. The maximum Gasteiger partial charge on any atom is 0.187 e. The summed E-state index contributed by atoms with van der Waals surface area (Å²) in [6.45, 7) is 8.51. The minimum absolute atomic E-state index is 0.638. The molecule has 0 saturated heterocycles. The van der Waals surface area contributed by atoms with Gasteiger partial charge in [-0.1, -0.05) is 13.8 Å². The molecule has 1 N–H and O–H groups in total. The number of methoxy groups -OCH3 is 2. The van der Waals surface area contributed by atoms with Gasteiger partial charge in [0.15, 0.2) is 11.5 Å². The Morgan fingerprint density at radius 2 is 1.87 bits per heavy atom. The third-order valence-corrected chi connectivity index (χ3v) is 3.99. The molecule has 0 bridgehead atoms. The van der Waals surface area contributed by atoms with Crippen LogP contribution in [0.2, 0.25) is 0 Å². The van der Waals surface area contributed by atoms with Crippen molar-refractivity contribution in [2.45, 2.75) is 20.3 Å². The Morgan fingerprint density at radius 1 is 1.09 bits per heavy atom. The van der Waals surface area contributed by atoms with Crippen LogP contribution in [0, 0.1) is 0 Å². The number of aromatic nitrogens is 2. The van der Waals surface area contributed by atoms with Gasteiger partial charge in [0.1, 0.15) is 17.7 Å². The van der Waals surface area contributed by atoms with Crippen molar-refractivity contribution in [1.29, 1.82) is 0 Å². The largest absolute Gasteiger partial charge is 0.493 e. The van der Waals surface area contributed by atoms with Gasteiger partial charge in [-0.05, 0) is 38.2 Å². The predicted octanol–water partition coefficient (Wildman–Crippen LogP) is 2.79. The summed E-state index contributed by atoms with van der Waals surface area (Å²) in [7, 11) is 3.24. The third kappa shape index (κ3) is 4.01. The van der Waals surface area contributed by atoms with Crippen LogP contribution in [0.4, 0.5) is 5.82 Å². The van der Waals surface area contributed by atoms with Crippen molar-refractivity contribution >= 4 is 16.7 Å². The van der Waals surface area contributed by atoms with Crippen molar-refractivity contribution in [2.75, 3.05) is 45.7 Å². The zero-order valence-electron chi connectivity index (χ0n) is 14.4. The van der Waals surface area contributed by atoms with Gasteiger partial charge < -0.3 is 19.7 Å². The van der Waals surface area contributed by atoms with Crippen LogP contribution in [0.1, 0.15) is 20.3 Å². The van der Waals surface area contributed by atoms with Crippen LogP contribution in [0.25, 0.3) is 10.9 Å². The summed E-state index contributed by atoms with van der Waals surface area (Å²) in [4.78, 5) is 11.1. The molecule has 0 aliphatic rings. The molecule has 2 aromatic rings. The van der Waals surface area contributed by atoms with Gasteiger partial charge in [-0.3, -0.25) is 0 Å². The van der Waals surface area contributed by atoms with Gasteiger partial charge >= 0.3 is 0 Å². The Labute approximate surface area is 137 Å². The lowest BCUT2D eigenvalue weighted by Crippen LogP contribution is -2.25. The van der Waals surface area contributed by atoms with E-state index in [1.54, 1.807) is 20.5 Å². The minimum Gasteiger partial charge on any atom is -0.493 e. The highest BCUT2D eigenvalue weighted by molar-refractivity contribution is 5.94. The summed E-state index contributed by atoms with van der Waals surface area (Å²) in [6, 6.07) is 3.84. The molecule has 1 aromatic carbocycles. The lowest BCUT2D eigenvalue weighted by molar-refractivity contribution is 0.303. The molecule has 6 heteroatoms. The SMILES string of the molecule is CCN(CC)CCCNc1ncnc2c(OC)c(OC)ccc12. The van der Waals surface area contributed by atoms with Crippen molar-refractivity contribution in [3.8, 4) is 11.5 Å². The average Bonchev–Trinajstić information content (AvgIpc) is 2.60. The Bertz CT molecular complexity index is 629. The van der Waals surface area contributed by atoms with Gasteiger partial charge in [0.05, 0.1) is 14.2 Å². The highest BCUT2D eigenvalue weighted by Gasteiger charge is 2.13. The smallest absolute Gasteiger partial charge is 0.187 e. The Morgan fingerprint density at radius 3 is 2.52 bits per heavy atom. The minimum atomic E-state index is 0.638. The average molecular weight is 318 g/mol. The summed E-state index contributed by atoms with van der Waals surface area (Å²) >= 11 is 0. The summed E-state index contributed by atoms with van der Waals surface area (Å²) in [5.74, 6) is 2.14. The lowest BCUT2D eigenvalue weighted by atomic mass is 10.2. The molecule has 0 aliphatic carbocycles. The van der Waals surface area contributed by atoms with Crippen molar-refractivity contribution < 1.29 is 9.47 Å². The van der Waals surface area contributed by atoms with E-state index in [-0.39, 0.29) is 0 Å². The molecule has 126 valence electrons. The van der Waals surface area contributed by atoms with E-state index in [0.29, 0.717) is 11.5 Å². The van der Waals surface area contributed by atoms with Gasteiger partial charge in [0.25, 0.3) is 0 Å². The molecule has 0 spiro atoms. The molecular formula is C17H26N4O2. The standard InChI is InChI=1S/C17H26N4O2/c1-5-21(6-2)11-7-10-18-17-13-8-9-14(22-3)16(23-4)15(13)19-12-20-17/h8-9,12H,5-7,10-11H2,1-4H3,(H,18,19,20). The number of hydrogen-bond acceptors (Lipinski definition) is 6. The van der Waals surface area contributed by atoms with Crippen molar-refractivity contribution in [3.63, 3.8) is 0 Å². The van der Waals surface area contributed by atoms with Crippen LogP contribution in [-0.2, 0) is 0 Å². The summed E-state index contributed by atoms with van der Waals surface area (Å²) in [6.07, 6.45) is 2.62. The number of hydrogen-bond donors (Lipinski definition) is 1. The first-order valence-corrected chi connectivity index (χ1v) is 8.07. The van der Waals surface area contributed by atoms with E-state index < -0.39 is 0 Å². The number of anilines is 1. The monoisotopic (exact) mass is 318 g/mol. The van der Waals surface area contributed by atoms with Gasteiger partial charge in [0, 0.05) is 11.9 Å². The third-order valence-electron chi connectivity index (χ3n) is 3.99. The first kappa shape index (κ1) is 17.3. The topological polar surface area (TPSA) is 59.5 Å². The molecule has 2 rings (SSSR count). The molecule has 6 nitrogen and oxygen atoms in total. The second-order valence-electron chi connectivity index (χ2n) is 5.23. The van der Waals surface area contributed by atoms with E-state index >= 15 is 0 Å². The maximum absolute atomic E-state index is 5.44. The molecule has 0 aliphatic heterocycles. The van der Waals surface area contributed by atoms with Crippen molar-refractivity contribution in [3.05, 3.63) is 18.5 Å². The predicted molar refractivity (Wildman–Crippen MR) is 93.5 cm³/mol. The molecule has 0 fully saturated rings. The quantitative estimate of drug-likeness (QED) is 0.718. The summed E-state index contributed by atoms with van der Waals surface area (Å²) < 4.78 is 10.8. The molecule has 1 aromatic heterocycles. The zero-order chi connectivity index (χ0) is 16.7. The molecule has 23 heavy (non-hydrogen) atoms. The fourth-order valence-corrected chi connectivity index (χ4v) is 2.63. The Balaban J connectivity index is 2.12. The Hall–Kier alpha value is -2.08. The van der Waals surface area contributed by atoms with Crippen LogP contribution in [0.15, 0.2) is 18.5 Å². The first-order chi connectivity index (χ1) is 11.2. The molecule has 1 heterocycles. The Kier molecular flexibility index (Phi) is 6.40. The second-order valence-corrected chi connectivity index (χ2v) is 5.23. The molecule has 0 radical (unpaired) electrons. The highest BCUT2D eigenvalue weighted by atomic mass is 16.5. The maximum atomic E-state index is 5.44. The van der Waals surface area contributed by atoms with E-state index in [4.69, 9.17) is 9.47 Å². The number of rotatable bonds is 9. The van der Waals surface area contributed by atoms with E-state index in [2.05, 4.69) is 34.0 Å². The molecule has 0 amide bonds. The van der Waals surface area contributed by atoms with E-state index in [0.717, 1.165) is 49.3 Å². The fraction of sp³-hybridized carbons (Fsp3) is 0.529. The van der Waals surface area contributed by atoms with Gasteiger partial charge in [-0.2, -0.15) is 0 Å². The van der Waals surface area contributed by atoms with E-state index in [1.165, 1.54) is 0 Å². The number of nitrogens with one attached hydrogen (secondary N) is 1. The number of ether oxygens (including phenoxy) is 2. The van der Waals surface area contributed by atoms with Crippen LogP contribution in [-0.4, -0.2) is 55.3 Å². The lowest BCUT2D eigenvalue weighted by Gasteiger charge is -2.18. The number of nitrogens with zero attached hydrogens (tertiary/aromatic N) is 3. The molecular weight excluding hydrogens is 292 g/mol. The first-order valence-electron chi connectivity index (χ1n) is 8.07. The van der Waals surface area contributed by atoms with Crippen molar-refractivity contribution in [1.82, 2.24) is 14.9 Å². The molecule has 0 atom stereocenters. The molecule has 0 saturated carbocycles. The van der Waals surface area contributed by atoms with Crippen LogP contribution in [0.5, 0.6) is 11.5 Å². The van der Waals surface area contributed by atoms with Crippen LogP contribution < -0.4 is 14.8 Å². The summed E-state index contributed by atoms with van der Waals surface area (Å²) in [5.41, 5.74) is 0.757. The van der Waals surface area contributed by atoms with E-state index in [1.807, 2.05) is 12.1 Å². The normalized spacial score (nSPS) is 11.0. The number of benzene rings is 1. The fourth-order valence-electron chi connectivity index (χ4n) is 2.63. The number of fused-ring (bicyclic) bond motifs is 1. The van der Waals surface area contributed by atoms with Crippen LogP contribution in [0.3, 0.4) is 0 Å². The van der Waals surface area contributed by atoms with Gasteiger partial charge in [-0.25, -0.2) is 9.97 Å². The van der Waals surface area contributed by atoms with Crippen molar-refractivity contribution in [2.24, 2.45) is 0 Å². The van der Waals surface area contributed by atoms with Gasteiger partial charge in [0.2, 0.25) is 0 Å².